The Morgan fingerprint density at radius 3 is 1.35 bits per heavy atom. The van der Waals surface area contributed by atoms with Crippen molar-refractivity contribution in [3.05, 3.63) is 85.1 Å². The van der Waals surface area contributed by atoms with Gasteiger partial charge < -0.3 is 20.1 Å². The maximum Gasteiger partial charge on any atom is 0.472 e. The first kappa shape index (κ1) is 60.2. The van der Waals surface area contributed by atoms with Gasteiger partial charge in [0.2, 0.25) is 0 Å². The second-order valence-electron chi connectivity index (χ2n) is 16.3. The molecule has 2 unspecified atom stereocenters. The molecule has 0 fully saturated rings. The van der Waals surface area contributed by atoms with Crippen LogP contribution in [0, 0.1) is 0 Å². The lowest BCUT2D eigenvalue weighted by molar-refractivity contribution is -0.161. The Morgan fingerprint density at radius 2 is 0.889 bits per heavy atom. The summed E-state index contributed by atoms with van der Waals surface area (Å²) in [6.07, 6.45) is 62.1. The van der Waals surface area contributed by atoms with Crippen LogP contribution < -0.4 is 5.73 Å². The number of carbonyl (C=O) groups is 2. The third-order valence-corrected chi connectivity index (χ3v) is 11.2. The first-order valence-corrected chi connectivity index (χ1v) is 26.6. The van der Waals surface area contributed by atoms with Crippen molar-refractivity contribution in [1.82, 2.24) is 0 Å². The molecule has 0 aliphatic heterocycles. The SMILES string of the molecule is CC/C=C\C/C=C\C/C=C\C/C=C\C/C=C\CCCC(=O)OC(COC(=O)CCCCCCCCCCCCCCC/C=C\C/C=C\CCCCCCC)COP(=O)(O)OCCN. The van der Waals surface area contributed by atoms with Crippen molar-refractivity contribution >= 4 is 19.8 Å². The molecule has 0 saturated carbocycles. The molecule has 63 heavy (non-hydrogen) atoms. The molecule has 3 N–H and O–H groups in total. The highest BCUT2D eigenvalue weighted by Gasteiger charge is 2.26. The van der Waals surface area contributed by atoms with E-state index in [1.807, 2.05) is 6.08 Å². The third kappa shape index (κ3) is 48.5. The fourth-order valence-electron chi connectivity index (χ4n) is 6.58. The Labute approximate surface area is 385 Å². The van der Waals surface area contributed by atoms with Gasteiger partial charge >= 0.3 is 19.8 Å². The Bertz CT molecular complexity index is 1300. The van der Waals surface area contributed by atoms with Gasteiger partial charge in [-0.2, -0.15) is 0 Å². The van der Waals surface area contributed by atoms with E-state index in [0.717, 1.165) is 57.8 Å². The maximum absolute atomic E-state index is 12.6. The minimum Gasteiger partial charge on any atom is -0.462 e. The summed E-state index contributed by atoms with van der Waals surface area (Å²) in [5.41, 5.74) is 5.36. The van der Waals surface area contributed by atoms with Crippen LogP contribution in [0.2, 0.25) is 0 Å². The van der Waals surface area contributed by atoms with Gasteiger partial charge in [0, 0.05) is 19.4 Å². The molecule has 0 heterocycles. The summed E-state index contributed by atoms with van der Waals surface area (Å²) in [6.45, 7) is 3.54. The largest absolute Gasteiger partial charge is 0.472 e. The van der Waals surface area contributed by atoms with E-state index in [1.165, 1.54) is 109 Å². The van der Waals surface area contributed by atoms with Crippen molar-refractivity contribution in [3.8, 4) is 0 Å². The smallest absolute Gasteiger partial charge is 0.462 e. The lowest BCUT2D eigenvalue weighted by atomic mass is 10.0. The van der Waals surface area contributed by atoms with Gasteiger partial charge in [0.1, 0.15) is 6.61 Å². The van der Waals surface area contributed by atoms with E-state index in [-0.39, 0.29) is 32.6 Å². The van der Waals surface area contributed by atoms with Gasteiger partial charge in [-0.3, -0.25) is 18.6 Å². The Hall–Kier alpha value is -2.81. The van der Waals surface area contributed by atoms with E-state index in [4.69, 9.17) is 24.3 Å². The number of carbonyl (C=O) groups excluding carboxylic acids is 2. The monoisotopic (exact) mass is 902 g/mol. The van der Waals surface area contributed by atoms with E-state index in [9.17, 15) is 19.0 Å². The van der Waals surface area contributed by atoms with Crippen LogP contribution in [0.25, 0.3) is 0 Å². The molecule has 0 bridgehead atoms. The molecule has 0 aliphatic carbocycles. The molecule has 0 aromatic heterocycles. The fourth-order valence-corrected chi connectivity index (χ4v) is 7.35. The maximum atomic E-state index is 12.6. The predicted octanol–water partition coefficient (Wildman–Crippen LogP) is 15.2. The number of ether oxygens (including phenoxy) is 2. The lowest BCUT2D eigenvalue weighted by Crippen LogP contribution is -2.29. The molecule has 0 saturated heterocycles. The molecular formula is C53H92NO8P. The average Bonchev–Trinajstić information content (AvgIpc) is 3.27. The number of allylic oxidation sites excluding steroid dienone is 14. The number of unbranched alkanes of at least 4 members (excludes halogenated alkanes) is 19. The number of nitrogens with two attached hydrogens (primary N) is 1. The zero-order valence-electron chi connectivity index (χ0n) is 40.0. The van der Waals surface area contributed by atoms with Crippen molar-refractivity contribution in [2.45, 2.75) is 213 Å². The summed E-state index contributed by atoms with van der Waals surface area (Å²) in [5.74, 6) is -0.900. The fraction of sp³-hybridized carbons (Fsp3) is 0.698. The zero-order chi connectivity index (χ0) is 46.0. The second kappa shape index (κ2) is 48.6. The number of phosphoric ester groups is 1. The lowest BCUT2D eigenvalue weighted by Gasteiger charge is -2.19. The molecular weight excluding hydrogens is 810 g/mol. The van der Waals surface area contributed by atoms with Gasteiger partial charge in [-0.1, -0.05) is 195 Å². The van der Waals surface area contributed by atoms with Crippen LogP contribution in [0.15, 0.2) is 85.1 Å². The summed E-state index contributed by atoms with van der Waals surface area (Å²) in [4.78, 5) is 35.0. The van der Waals surface area contributed by atoms with Crippen LogP contribution in [0.4, 0.5) is 0 Å². The molecule has 362 valence electrons. The highest BCUT2D eigenvalue weighted by atomic mass is 31.2. The van der Waals surface area contributed by atoms with Gasteiger partial charge in [0.05, 0.1) is 13.2 Å². The molecule has 2 atom stereocenters. The van der Waals surface area contributed by atoms with Gasteiger partial charge in [-0.15, -0.1) is 0 Å². The Balaban J connectivity index is 4.10. The molecule has 0 spiro atoms. The van der Waals surface area contributed by atoms with E-state index in [1.54, 1.807) is 0 Å². The van der Waals surface area contributed by atoms with Crippen molar-refractivity contribution in [3.63, 3.8) is 0 Å². The molecule has 10 heteroatoms. The molecule has 9 nitrogen and oxygen atoms in total. The van der Waals surface area contributed by atoms with Gasteiger partial charge in [0.25, 0.3) is 0 Å². The minimum atomic E-state index is -4.40. The molecule has 0 rings (SSSR count). The number of esters is 2. The Kier molecular flexibility index (Phi) is 46.5. The van der Waals surface area contributed by atoms with Gasteiger partial charge in [0.15, 0.2) is 6.10 Å². The highest BCUT2D eigenvalue weighted by molar-refractivity contribution is 7.47. The van der Waals surface area contributed by atoms with Crippen LogP contribution >= 0.6 is 7.82 Å². The summed E-state index contributed by atoms with van der Waals surface area (Å²) in [7, 11) is -4.40. The molecule has 0 aromatic rings. The Morgan fingerprint density at radius 1 is 0.492 bits per heavy atom. The van der Waals surface area contributed by atoms with E-state index < -0.39 is 32.5 Å². The first-order valence-electron chi connectivity index (χ1n) is 25.1. The number of rotatable bonds is 46. The molecule has 0 amide bonds. The van der Waals surface area contributed by atoms with Gasteiger partial charge in [-0.05, 0) is 83.5 Å². The molecule has 0 aromatic carbocycles. The summed E-state index contributed by atoms with van der Waals surface area (Å²) >= 11 is 0. The average molecular weight is 902 g/mol. The third-order valence-electron chi connectivity index (χ3n) is 10.3. The van der Waals surface area contributed by atoms with Crippen molar-refractivity contribution in [1.29, 1.82) is 0 Å². The summed E-state index contributed by atoms with van der Waals surface area (Å²) in [5, 5.41) is 0. The second-order valence-corrected chi connectivity index (χ2v) is 17.8. The van der Waals surface area contributed by atoms with Crippen molar-refractivity contribution < 1.29 is 37.6 Å². The number of phosphoric acid groups is 1. The van der Waals surface area contributed by atoms with E-state index in [0.29, 0.717) is 12.8 Å². The van der Waals surface area contributed by atoms with Crippen LogP contribution in [0.3, 0.4) is 0 Å². The van der Waals surface area contributed by atoms with Crippen LogP contribution in [-0.4, -0.2) is 49.3 Å². The van der Waals surface area contributed by atoms with Crippen molar-refractivity contribution in [2.24, 2.45) is 5.73 Å². The number of hydrogen-bond donors (Lipinski definition) is 2. The van der Waals surface area contributed by atoms with E-state index in [2.05, 4.69) is 92.8 Å². The van der Waals surface area contributed by atoms with Crippen LogP contribution in [0.1, 0.15) is 206 Å². The summed E-state index contributed by atoms with van der Waals surface area (Å²) in [6, 6.07) is 0. The molecule has 0 aliphatic rings. The topological polar surface area (TPSA) is 134 Å². The normalized spacial score (nSPS) is 13.9. The standard InChI is InChI=1S/C53H92NO8P/c1-3-5-7-9-11-13-15-17-19-21-22-23-24-25-26-27-28-30-31-33-35-37-39-41-43-45-52(55)59-49-51(50-61-63(57,58)60-48-47-54)62-53(56)46-44-42-40-38-36-34-32-29-20-18-16-14-12-10-8-6-4-2/h6,8,12,14-15,17-18,20-22,32,34,38,40,51H,3-5,7,9-11,13,16,19,23-31,33,35-37,39,41-50,54H2,1-2H3,(H,57,58)/b8-6-,14-12-,17-15-,20-18-,22-21-,34-32-,40-38-. The zero-order valence-corrected chi connectivity index (χ0v) is 40.9. The quantitative estimate of drug-likeness (QED) is 0.0265. The highest BCUT2D eigenvalue weighted by Crippen LogP contribution is 2.43. The van der Waals surface area contributed by atoms with Crippen LogP contribution in [-0.2, 0) is 32.7 Å². The van der Waals surface area contributed by atoms with E-state index >= 15 is 0 Å². The van der Waals surface area contributed by atoms with Gasteiger partial charge in [-0.25, -0.2) is 4.57 Å². The van der Waals surface area contributed by atoms with Crippen molar-refractivity contribution in [2.75, 3.05) is 26.4 Å². The predicted molar refractivity (Wildman–Crippen MR) is 265 cm³/mol. The number of hydrogen-bond acceptors (Lipinski definition) is 8. The van der Waals surface area contributed by atoms with Crippen LogP contribution in [0.5, 0.6) is 0 Å². The first-order chi connectivity index (χ1) is 30.8. The minimum absolute atomic E-state index is 0.0405. The summed E-state index contributed by atoms with van der Waals surface area (Å²) < 4.78 is 32.8. The molecule has 0 radical (unpaired) electrons.